The summed E-state index contributed by atoms with van der Waals surface area (Å²) in [5, 5.41) is 3.03. The maximum absolute atomic E-state index is 12.7. The zero-order valence-electron chi connectivity index (χ0n) is 19.4. The van der Waals surface area contributed by atoms with Crippen molar-refractivity contribution in [3.63, 3.8) is 0 Å². The monoisotopic (exact) mass is 480 g/mol. The van der Waals surface area contributed by atoms with Crippen molar-refractivity contribution in [1.29, 1.82) is 0 Å². The van der Waals surface area contributed by atoms with Crippen LogP contribution in [0.1, 0.15) is 58.2 Å². The van der Waals surface area contributed by atoms with Gasteiger partial charge in [-0.25, -0.2) is 13.1 Å². The number of hydrogen-bond donors (Lipinski definition) is 2. The lowest BCUT2D eigenvalue weighted by Gasteiger charge is -2.18. The van der Waals surface area contributed by atoms with E-state index in [2.05, 4.69) is 10.0 Å². The molecular formula is C26H28N2O5S. The molecule has 7 nitrogen and oxygen atoms in total. The third-order valence-electron chi connectivity index (χ3n) is 5.49. The Labute approximate surface area is 200 Å². The second-order valence-electron chi connectivity index (χ2n) is 7.81. The molecule has 1 amide bonds. The van der Waals surface area contributed by atoms with E-state index in [9.17, 15) is 18.0 Å². The molecule has 0 fully saturated rings. The molecule has 3 aromatic carbocycles. The first-order valence-electron chi connectivity index (χ1n) is 10.9. The number of carbonyl (C=O) groups is 2. The van der Waals surface area contributed by atoms with Crippen molar-refractivity contribution in [2.24, 2.45) is 0 Å². The topological polar surface area (TPSA) is 102 Å². The van der Waals surface area contributed by atoms with E-state index >= 15 is 0 Å². The van der Waals surface area contributed by atoms with Crippen molar-refractivity contribution in [1.82, 2.24) is 10.0 Å². The molecule has 3 aromatic rings. The van der Waals surface area contributed by atoms with E-state index in [1.807, 2.05) is 31.2 Å². The summed E-state index contributed by atoms with van der Waals surface area (Å²) in [5.41, 5.74) is 2.63. The molecule has 0 aromatic heterocycles. The van der Waals surface area contributed by atoms with Crippen LogP contribution >= 0.6 is 0 Å². The average molecular weight is 481 g/mol. The van der Waals surface area contributed by atoms with Gasteiger partial charge in [0.05, 0.1) is 18.0 Å². The highest BCUT2D eigenvalue weighted by Gasteiger charge is 2.16. The molecule has 3 rings (SSSR count). The second-order valence-corrected chi connectivity index (χ2v) is 9.58. The molecule has 1 atom stereocenters. The van der Waals surface area contributed by atoms with Crippen LogP contribution in [0.4, 0.5) is 0 Å². The second kappa shape index (κ2) is 11.1. The van der Waals surface area contributed by atoms with Gasteiger partial charge >= 0.3 is 0 Å². The van der Waals surface area contributed by atoms with Crippen LogP contribution in [0.25, 0.3) is 0 Å². The van der Waals surface area contributed by atoms with Crippen molar-refractivity contribution < 1.29 is 22.7 Å². The van der Waals surface area contributed by atoms with Crippen LogP contribution in [0.2, 0.25) is 0 Å². The smallest absolute Gasteiger partial charge is 0.251 e. The number of hydrogen-bond acceptors (Lipinski definition) is 5. The summed E-state index contributed by atoms with van der Waals surface area (Å²) < 4.78 is 32.8. The minimum absolute atomic E-state index is 0.0716. The normalized spacial score (nSPS) is 12.1. The van der Waals surface area contributed by atoms with Gasteiger partial charge in [-0.05, 0) is 60.9 Å². The first-order valence-corrected chi connectivity index (χ1v) is 12.4. The number of ketones is 1. The first kappa shape index (κ1) is 25.1. The van der Waals surface area contributed by atoms with Crippen molar-refractivity contribution >= 4 is 21.7 Å². The highest BCUT2D eigenvalue weighted by Crippen LogP contribution is 2.21. The van der Waals surface area contributed by atoms with E-state index in [4.69, 9.17) is 4.74 Å². The predicted octanol–water partition coefficient (Wildman–Crippen LogP) is 4.26. The van der Waals surface area contributed by atoms with E-state index in [1.54, 1.807) is 31.4 Å². The molecule has 0 bridgehead atoms. The van der Waals surface area contributed by atoms with Gasteiger partial charge in [-0.2, -0.15) is 0 Å². The number of nitrogens with one attached hydrogen (secondary N) is 2. The number of amides is 1. The van der Waals surface area contributed by atoms with Crippen LogP contribution in [-0.2, 0) is 16.6 Å². The number of benzene rings is 3. The van der Waals surface area contributed by atoms with Crippen molar-refractivity contribution in [2.75, 3.05) is 7.11 Å². The fraction of sp³-hybridized carbons (Fsp3) is 0.231. The number of rotatable bonds is 10. The fourth-order valence-corrected chi connectivity index (χ4v) is 4.42. The third kappa shape index (κ3) is 6.30. The highest BCUT2D eigenvalue weighted by molar-refractivity contribution is 7.89. The number of carbonyl (C=O) groups excluding carboxylic acids is 2. The van der Waals surface area contributed by atoms with Gasteiger partial charge < -0.3 is 10.1 Å². The van der Waals surface area contributed by atoms with Gasteiger partial charge in [0.15, 0.2) is 5.78 Å². The van der Waals surface area contributed by atoms with Gasteiger partial charge in [0, 0.05) is 17.7 Å². The minimum atomic E-state index is -3.73. The molecule has 8 heteroatoms. The van der Waals surface area contributed by atoms with Gasteiger partial charge in [-0.15, -0.1) is 0 Å². The maximum atomic E-state index is 12.7. The molecule has 0 saturated carbocycles. The van der Waals surface area contributed by atoms with E-state index in [-0.39, 0.29) is 29.2 Å². The summed E-state index contributed by atoms with van der Waals surface area (Å²) in [6, 6.07) is 20.0. The van der Waals surface area contributed by atoms with Crippen molar-refractivity contribution in [3.8, 4) is 5.75 Å². The van der Waals surface area contributed by atoms with Crippen LogP contribution in [0, 0.1) is 0 Å². The fourth-order valence-electron chi connectivity index (χ4n) is 3.40. The molecule has 0 spiro atoms. The standard InChI is InChI=1S/C26H28N2O5S/c1-4-25(21-9-13-23(33-3)14-10-21)28-26(30)22-7-5-19(6-8-22)17-27-34(31,32)24-15-11-20(12-16-24)18(2)29/h5-16,25,27H,4,17H2,1-3H3,(H,28,30). The highest BCUT2D eigenvalue weighted by atomic mass is 32.2. The Balaban J connectivity index is 1.61. The van der Waals surface area contributed by atoms with E-state index in [0.29, 0.717) is 16.7 Å². The lowest BCUT2D eigenvalue weighted by molar-refractivity contribution is 0.0934. The number of sulfonamides is 1. The lowest BCUT2D eigenvalue weighted by Crippen LogP contribution is -2.28. The predicted molar refractivity (Wildman–Crippen MR) is 130 cm³/mol. The molecule has 34 heavy (non-hydrogen) atoms. The first-order chi connectivity index (χ1) is 16.2. The molecule has 0 saturated heterocycles. The molecule has 0 aliphatic rings. The minimum Gasteiger partial charge on any atom is -0.497 e. The van der Waals surface area contributed by atoms with Gasteiger partial charge in [0.25, 0.3) is 5.91 Å². The van der Waals surface area contributed by atoms with Gasteiger partial charge in [-0.1, -0.05) is 43.3 Å². The molecule has 0 radical (unpaired) electrons. The molecule has 178 valence electrons. The zero-order valence-corrected chi connectivity index (χ0v) is 20.2. The summed E-state index contributed by atoms with van der Waals surface area (Å²) in [6.07, 6.45) is 0.728. The Kier molecular flexibility index (Phi) is 8.20. The number of Topliss-reactive ketones (excluding diaryl/α,β-unsaturated/α-hetero) is 1. The van der Waals surface area contributed by atoms with Crippen LogP contribution in [0.5, 0.6) is 5.75 Å². The molecule has 1 unspecified atom stereocenters. The van der Waals surface area contributed by atoms with Crippen LogP contribution in [0.15, 0.2) is 77.7 Å². The van der Waals surface area contributed by atoms with Gasteiger partial charge in [0.2, 0.25) is 10.0 Å². The number of ether oxygens (including phenoxy) is 1. The molecular weight excluding hydrogens is 452 g/mol. The Morgan fingerprint density at radius 2 is 1.47 bits per heavy atom. The van der Waals surface area contributed by atoms with Gasteiger partial charge in [0.1, 0.15) is 5.75 Å². The Hall–Kier alpha value is -3.49. The quantitative estimate of drug-likeness (QED) is 0.422. The SMILES string of the molecule is CCC(NC(=O)c1ccc(CNS(=O)(=O)c2ccc(C(C)=O)cc2)cc1)c1ccc(OC)cc1. The molecule has 0 aliphatic carbocycles. The summed E-state index contributed by atoms with van der Waals surface area (Å²) in [5.74, 6) is 0.417. The number of methoxy groups -OCH3 is 1. The Morgan fingerprint density at radius 1 is 0.882 bits per heavy atom. The van der Waals surface area contributed by atoms with Crippen LogP contribution < -0.4 is 14.8 Å². The van der Waals surface area contributed by atoms with Crippen molar-refractivity contribution in [2.45, 2.75) is 37.8 Å². The molecule has 0 aliphatic heterocycles. The summed E-state index contributed by atoms with van der Waals surface area (Å²) in [7, 11) is -2.13. The molecule has 2 N–H and O–H groups in total. The molecule has 0 heterocycles. The van der Waals surface area contributed by atoms with Crippen LogP contribution in [-0.4, -0.2) is 27.2 Å². The van der Waals surface area contributed by atoms with Gasteiger partial charge in [-0.3, -0.25) is 9.59 Å². The van der Waals surface area contributed by atoms with Crippen LogP contribution in [0.3, 0.4) is 0 Å². The van der Waals surface area contributed by atoms with E-state index < -0.39 is 10.0 Å². The van der Waals surface area contributed by atoms with E-state index in [1.165, 1.54) is 31.2 Å². The lowest BCUT2D eigenvalue weighted by atomic mass is 10.0. The maximum Gasteiger partial charge on any atom is 0.251 e. The Bertz CT molecular complexity index is 1240. The van der Waals surface area contributed by atoms with Crippen molar-refractivity contribution in [3.05, 3.63) is 95.1 Å². The average Bonchev–Trinajstić information content (AvgIpc) is 2.86. The largest absolute Gasteiger partial charge is 0.497 e. The summed E-state index contributed by atoms with van der Waals surface area (Å²) in [4.78, 5) is 24.2. The van der Waals surface area contributed by atoms with E-state index in [0.717, 1.165) is 17.7 Å². The Morgan fingerprint density at radius 3 is 2.00 bits per heavy atom. The zero-order chi connectivity index (χ0) is 24.7. The summed E-state index contributed by atoms with van der Waals surface area (Å²) in [6.45, 7) is 3.49. The summed E-state index contributed by atoms with van der Waals surface area (Å²) >= 11 is 0. The third-order valence-corrected chi connectivity index (χ3v) is 6.90.